The first-order valence-corrected chi connectivity index (χ1v) is 11.0. The van der Waals surface area contributed by atoms with Gasteiger partial charge in [-0.25, -0.2) is 0 Å². The first kappa shape index (κ1) is 23.5. The summed E-state index contributed by atoms with van der Waals surface area (Å²) in [6, 6.07) is 16.5. The summed E-state index contributed by atoms with van der Waals surface area (Å²) in [6.45, 7) is 9.28. The van der Waals surface area contributed by atoms with Crippen LogP contribution in [0.1, 0.15) is 48.0 Å². The minimum Gasteiger partial charge on any atom is -0.345 e. The van der Waals surface area contributed by atoms with Crippen molar-refractivity contribution in [2.75, 3.05) is 0 Å². The third kappa shape index (κ3) is 5.37. The maximum atomic E-state index is 13.5. The van der Waals surface area contributed by atoms with Crippen LogP contribution in [-0.2, 0) is 13.1 Å². The SMILES string of the molecule is Cc1cccc(Cn2cccc2CN(C(=O)c2ccc(Cl)c([N+](=O)[O-])c2)C(C)C(C)C)c1. The summed E-state index contributed by atoms with van der Waals surface area (Å²) in [5, 5.41) is 11.3. The van der Waals surface area contributed by atoms with Crippen molar-refractivity contribution in [2.45, 2.75) is 46.8 Å². The zero-order valence-corrected chi connectivity index (χ0v) is 19.5. The van der Waals surface area contributed by atoms with E-state index in [1.807, 2.05) is 31.3 Å². The topological polar surface area (TPSA) is 68.4 Å². The Morgan fingerprint density at radius 1 is 1.12 bits per heavy atom. The molecule has 0 aliphatic heterocycles. The number of rotatable bonds is 8. The van der Waals surface area contributed by atoms with Gasteiger partial charge in [0.25, 0.3) is 11.6 Å². The molecule has 7 heteroatoms. The van der Waals surface area contributed by atoms with E-state index in [2.05, 4.69) is 43.5 Å². The number of amides is 1. The van der Waals surface area contributed by atoms with Gasteiger partial charge in [-0.3, -0.25) is 14.9 Å². The van der Waals surface area contributed by atoms with E-state index in [-0.39, 0.29) is 34.1 Å². The molecule has 1 atom stereocenters. The Labute approximate surface area is 193 Å². The van der Waals surface area contributed by atoms with Crippen LogP contribution in [0.15, 0.2) is 60.8 Å². The lowest BCUT2D eigenvalue weighted by molar-refractivity contribution is -0.384. The van der Waals surface area contributed by atoms with E-state index in [0.717, 1.165) is 5.69 Å². The van der Waals surface area contributed by atoms with Gasteiger partial charge < -0.3 is 9.47 Å². The molecule has 1 amide bonds. The van der Waals surface area contributed by atoms with E-state index in [0.29, 0.717) is 13.1 Å². The molecule has 32 heavy (non-hydrogen) atoms. The number of carbonyl (C=O) groups is 1. The Balaban J connectivity index is 1.91. The molecule has 3 rings (SSSR count). The molecule has 2 aromatic carbocycles. The Hall–Kier alpha value is -3.12. The van der Waals surface area contributed by atoms with E-state index in [1.54, 1.807) is 11.0 Å². The van der Waals surface area contributed by atoms with Gasteiger partial charge in [0.2, 0.25) is 0 Å². The molecule has 1 heterocycles. The first-order valence-electron chi connectivity index (χ1n) is 10.6. The lowest BCUT2D eigenvalue weighted by Crippen LogP contribution is -2.41. The van der Waals surface area contributed by atoms with Crippen molar-refractivity contribution in [3.63, 3.8) is 0 Å². The standard InChI is InChI=1S/C25H28ClN3O3/c1-17(2)19(4)28(25(30)21-10-11-23(26)24(14-21)29(31)32)16-22-9-6-12-27(22)15-20-8-5-7-18(3)13-20/h5-14,17,19H,15-16H2,1-4H3. The van der Waals surface area contributed by atoms with Crippen molar-refractivity contribution < 1.29 is 9.72 Å². The Morgan fingerprint density at radius 2 is 1.88 bits per heavy atom. The van der Waals surface area contributed by atoms with Gasteiger partial charge in [0.1, 0.15) is 5.02 Å². The van der Waals surface area contributed by atoms with Crippen LogP contribution in [0, 0.1) is 23.0 Å². The average molecular weight is 454 g/mol. The van der Waals surface area contributed by atoms with Gasteiger partial charge in [-0.2, -0.15) is 0 Å². The molecule has 6 nitrogen and oxygen atoms in total. The number of aryl methyl sites for hydroxylation is 1. The van der Waals surface area contributed by atoms with E-state index < -0.39 is 4.92 Å². The second kappa shape index (κ2) is 10.0. The number of benzene rings is 2. The minimum atomic E-state index is -0.567. The third-order valence-electron chi connectivity index (χ3n) is 5.80. The predicted molar refractivity (Wildman–Crippen MR) is 127 cm³/mol. The van der Waals surface area contributed by atoms with Gasteiger partial charge >= 0.3 is 0 Å². The maximum absolute atomic E-state index is 13.5. The smallest absolute Gasteiger partial charge is 0.288 e. The van der Waals surface area contributed by atoms with Gasteiger partial charge in [0.15, 0.2) is 0 Å². The Bertz CT molecular complexity index is 1120. The molecule has 1 unspecified atom stereocenters. The maximum Gasteiger partial charge on any atom is 0.288 e. The third-order valence-corrected chi connectivity index (χ3v) is 6.12. The molecule has 0 aliphatic carbocycles. The van der Waals surface area contributed by atoms with Crippen molar-refractivity contribution in [3.8, 4) is 0 Å². The highest BCUT2D eigenvalue weighted by Gasteiger charge is 2.27. The highest BCUT2D eigenvalue weighted by molar-refractivity contribution is 6.32. The lowest BCUT2D eigenvalue weighted by atomic mass is 10.0. The normalized spacial score (nSPS) is 12.1. The molecule has 0 radical (unpaired) electrons. The minimum absolute atomic E-state index is 0.0158. The molecule has 0 aliphatic rings. The zero-order valence-electron chi connectivity index (χ0n) is 18.8. The van der Waals surface area contributed by atoms with Crippen LogP contribution in [0.25, 0.3) is 0 Å². The molecule has 168 valence electrons. The Morgan fingerprint density at radius 3 is 2.53 bits per heavy atom. The molecule has 0 spiro atoms. The summed E-state index contributed by atoms with van der Waals surface area (Å²) in [7, 11) is 0. The van der Waals surface area contributed by atoms with Crippen LogP contribution in [0.4, 0.5) is 5.69 Å². The number of carbonyl (C=O) groups excluding carboxylic acids is 1. The lowest BCUT2D eigenvalue weighted by Gasteiger charge is -2.32. The van der Waals surface area contributed by atoms with Crippen molar-refractivity contribution in [1.29, 1.82) is 0 Å². The van der Waals surface area contributed by atoms with E-state index in [4.69, 9.17) is 11.6 Å². The molecule has 0 fully saturated rings. The van der Waals surface area contributed by atoms with Crippen LogP contribution < -0.4 is 0 Å². The summed E-state index contributed by atoms with van der Waals surface area (Å²) in [6.07, 6.45) is 2.01. The quantitative estimate of drug-likeness (QED) is 0.306. The van der Waals surface area contributed by atoms with Crippen molar-refractivity contribution >= 4 is 23.2 Å². The number of hydrogen-bond donors (Lipinski definition) is 0. The van der Waals surface area contributed by atoms with Crippen LogP contribution in [-0.4, -0.2) is 26.3 Å². The van der Waals surface area contributed by atoms with Crippen LogP contribution in [0.2, 0.25) is 5.02 Å². The number of nitro groups is 1. The number of halogens is 1. The molecule has 0 bridgehead atoms. The fourth-order valence-corrected chi connectivity index (χ4v) is 3.83. The molecular formula is C25H28ClN3O3. The summed E-state index contributed by atoms with van der Waals surface area (Å²) in [5.74, 6) is -0.0457. The number of nitro benzene ring substituents is 1. The second-order valence-electron chi connectivity index (χ2n) is 8.46. The van der Waals surface area contributed by atoms with Gasteiger partial charge in [0, 0.05) is 36.1 Å². The molecule has 0 saturated carbocycles. The number of nitrogens with zero attached hydrogens (tertiary/aromatic N) is 3. The molecule has 1 aromatic heterocycles. The van der Waals surface area contributed by atoms with Crippen molar-refractivity contribution in [2.24, 2.45) is 5.92 Å². The zero-order chi connectivity index (χ0) is 23.4. The molecular weight excluding hydrogens is 426 g/mol. The molecule has 0 saturated heterocycles. The number of hydrogen-bond acceptors (Lipinski definition) is 3. The van der Waals surface area contributed by atoms with Crippen LogP contribution in [0.5, 0.6) is 0 Å². The van der Waals surface area contributed by atoms with Crippen molar-refractivity contribution in [3.05, 3.63) is 98.3 Å². The fraction of sp³-hybridized carbons (Fsp3) is 0.320. The van der Waals surface area contributed by atoms with E-state index in [9.17, 15) is 14.9 Å². The molecule has 0 N–H and O–H groups in total. The largest absolute Gasteiger partial charge is 0.345 e. The van der Waals surface area contributed by atoms with Crippen molar-refractivity contribution in [1.82, 2.24) is 9.47 Å². The van der Waals surface area contributed by atoms with Crippen LogP contribution >= 0.6 is 11.6 Å². The van der Waals surface area contributed by atoms with Gasteiger partial charge in [-0.15, -0.1) is 0 Å². The monoisotopic (exact) mass is 453 g/mol. The van der Waals surface area contributed by atoms with Gasteiger partial charge in [0.05, 0.1) is 11.5 Å². The average Bonchev–Trinajstić information content (AvgIpc) is 3.17. The second-order valence-corrected chi connectivity index (χ2v) is 8.86. The predicted octanol–water partition coefficient (Wildman–Crippen LogP) is 6.09. The molecule has 3 aromatic rings. The first-order chi connectivity index (χ1) is 15.2. The van der Waals surface area contributed by atoms with Gasteiger partial charge in [-0.1, -0.05) is 55.3 Å². The number of aromatic nitrogens is 1. The summed E-state index contributed by atoms with van der Waals surface area (Å²) >= 11 is 5.94. The van der Waals surface area contributed by atoms with E-state index in [1.165, 1.54) is 23.3 Å². The summed E-state index contributed by atoms with van der Waals surface area (Å²) in [5.41, 5.74) is 3.37. The fourth-order valence-electron chi connectivity index (χ4n) is 3.64. The summed E-state index contributed by atoms with van der Waals surface area (Å²) < 4.78 is 2.13. The summed E-state index contributed by atoms with van der Waals surface area (Å²) in [4.78, 5) is 26.0. The highest BCUT2D eigenvalue weighted by Crippen LogP contribution is 2.27. The Kier molecular flexibility index (Phi) is 7.36. The van der Waals surface area contributed by atoms with Crippen LogP contribution in [0.3, 0.4) is 0 Å². The highest BCUT2D eigenvalue weighted by atomic mass is 35.5. The van der Waals surface area contributed by atoms with E-state index >= 15 is 0 Å². The van der Waals surface area contributed by atoms with Gasteiger partial charge in [-0.05, 0) is 49.6 Å².